The topological polar surface area (TPSA) is 114 Å². The van der Waals surface area contributed by atoms with Crippen molar-refractivity contribution in [3.05, 3.63) is 66.3 Å². The van der Waals surface area contributed by atoms with Crippen LogP contribution in [0.25, 0.3) is 21.9 Å². The lowest BCUT2D eigenvalue weighted by molar-refractivity contribution is 0.497. The van der Waals surface area contributed by atoms with E-state index in [0.717, 1.165) is 58.8 Å². The Balaban J connectivity index is 1.59. The first kappa shape index (κ1) is 20.4. The van der Waals surface area contributed by atoms with Crippen LogP contribution in [0.3, 0.4) is 0 Å². The maximum absolute atomic E-state index is 9.05. The maximum Gasteiger partial charge on any atom is 0.130 e. The molecule has 0 radical (unpaired) electrons. The second-order valence-corrected chi connectivity index (χ2v) is 8.11. The van der Waals surface area contributed by atoms with E-state index in [9.17, 15) is 0 Å². The van der Waals surface area contributed by atoms with Crippen LogP contribution in [0.5, 0.6) is 0 Å². The Morgan fingerprint density at radius 3 is 2.68 bits per heavy atom. The van der Waals surface area contributed by atoms with E-state index in [1.165, 1.54) is 5.57 Å². The number of nitrogens with zero attached hydrogens (tertiary/aromatic N) is 3. The summed E-state index contributed by atoms with van der Waals surface area (Å²) in [5.74, 6) is 0.887. The smallest absolute Gasteiger partial charge is 0.130 e. The van der Waals surface area contributed by atoms with Gasteiger partial charge in [-0.3, -0.25) is 4.98 Å². The molecule has 3 aromatic rings. The van der Waals surface area contributed by atoms with Gasteiger partial charge in [0.05, 0.1) is 18.0 Å². The van der Waals surface area contributed by atoms with Crippen molar-refractivity contribution in [2.45, 2.75) is 32.6 Å². The Bertz CT molecular complexity index is 1220. The minimum atomic E-state index is 0.180. The molecule has 156 valence electrons. The molecule has 0 saturated heterocycles. The number of benzene rings is 1. The highest BCUT2D eigenvalue weighted by atomic mass is 15.0. The van der Waals surface area contributed by atoms with Crippen molar-refractivity contribution >= 4 is 28.0 Å². The number of nitrogen functional groups attached to an aromatic ring is 2. The zero-order chi connectivity index (χ0) is 22.0. The van der Waals surface area contributed by atoms with Crippen LogP contribution in [-0.2, 0) is 0 Å². The summed E-state index contributed by atoms with van der Waals surface area (Å²) in [6.07, 6.45) is 11.0. The lowest BCUT2D eigenvalue weighted by Crippen LogP contribution is -2.07. The second-order valence-electron chi connectivity index (χ2n) is 8.11. The molecule has 0 bridgehead atoms. The predicted molar refractivity (Wildman–Crippen MR) is 127 cm³/mol. The highest BCUT2D eigenvalue weighted by Crippen LogP contribution is 2.33. The van der Waals surface area contributed by atoms with Gasteiger partial charge in [-0.15, -0.1) is 0 Å². The Hall–Kier alpha value is -3.85. The standard InChI is InChI=1S/C25H26N6/c1-15(7-17-3-5-18(11-26)6-4-17)31-25-10-20-8-19(9-23(27)22(20)13-30-25)21-12-29-14-24(28)16(21)2/h7-10,12-14,18H,1,3-6,27-28H2,2H3,(H,30,31). The van der Waals surface area contributed by atoms with E-state index in [2.05, 4.69) is 40.1 Å². The van der Waals surface area contributed by atoms with E-state index in [1.807, 2.05) is 25.3 Å². The van der Waals surface area contributed by atoms with Crippen molar-refractivity contribution in [1.82, 2.24) is 9.97 Å². The van der Waals surface area contributed by atoms with Crippen molar-refractivity contribution in [1.29, 1.82) is 5.26 Å². The van der Waals surface area contributed by atoms with Gasteiger partial charge in [-0.2, -0.15) is 5.26 Å². The highest BCUT2D eigenvalue weighted by molar-refractivity contribution is 5.97. The third kappa shape index (κ3) is 4.36. The molecule has 0 unspecified atom stereocenters. The monoisotopic (exact) mass is 410 g/mol. The number of nitriles is 1. The quantitative estimate of drug-likeness (QED) is 0.501. The van der Waals surface area contributed by atoms with Crippen LogP contribution in [0.1, 0.15) is 31.2 Å². The molecule has 5 N–H and O–H groups in total. The lowest BCUT2D eigenvalue weighted by atomic mass is 9.86. The minimum Gasteiger partial charge on any atom is -0.398 e. The van der Waals surface area contributed by atoms with Gasteiger partial charge in [-0.1, -0.05) is 12.2 Å². The fourth-order valence-corrected chi connectivity index (χ4v) is 4.05. The van der Waals surface area contributed by atoms with Crippen LogP contribution in [0.4, 0.5) is 17.2 Å². The third-order valence-corrected chi connectivity index (χ3v) is 5.91. The zero-order valence-corrected chi connectivity index (χ0v) is 17.7. The normalized spacial score (nSPS) is 16.0. The largest absolute Gasteiger partial charge is 0.398 e. The van der Waals surface area contributed by atoms with Crippen LogP contribution < -0.4 is 16.8 Å². The predicted octanol–water partition coefficient (Wildman–Crippen LogP) is 5.34. The number of aromatic nitrogens is 2. The molecule has 0 atom stereocenters. The third-order valence-electron chi connectivity index (χ3n) is 5.91. The summed E-state index contributed by atoms with van der Waals surface area (Å²) in [4.78, 5) is 8.73. The number of hydrogen-bond donors (Lipinski definition) is 3. The summed E-state index contributed by atoms with van der Waals surface area (Å²) in [7, 11) is 0. The van der Waals surface area contributed by atoms with E-state index in [-0.39, 0.29) is 5.92 Å². The molecule has 0 aliphatic heterocycles. The van der Waals surface area contributed by atoms with Gasteiger partial charge in [0.1, 0.15) is 5.82 Å². The average molecular weight is 411 g/mol. The number of fused-ring (bicyclic) bond motifs is 1. The molecular formula is C25H26N6. The van der Waals surface area contributed by atoms with E-state index in [4.69, 9.17) is 16.7 Å². The molecule has 2 aromatic heterocycles. The SMILES string of the molecule is C=C(C=C1CCC(C#N)CC1)Nc1cc2cc(-c3cncc(N)c3C)cc(N)c2cn1. The molecule has 0 amide bonds. The highest BCUT2D eigenvalue weighted by Gasteiger charge is 2.16. The maximum atomic E-state index is 9.05. The van der Waals surface area contributed by atoms with Crippen molar-refractivity contribution < 1.29 is 0 Å². The van der Waals surface area contributed by atoms with E-state index < -0.39 is 0 Å². The Kier molecular flexibility index (Phi) is 5.59. The first-order chi connectivity index (χ1) is 14.9. The molecule has 0 spiro atoms. The number of hydrogen-bond acceptors (Lipinski definition) is 6. The average Bonchev–Trinajstić information content (AvgIpc) is 2.76. The fraction of sp³-hybridized carbons (Fsp3) is 0.240. The van der Waals surface area contributed by atoms with Crippen LogP contribution in [0.2, 0.25) is 0 Å². The number of pyridine rings is 2. The van der Waals surface area contributed by atoms with Gasteiger partial charge in [0.2, 0.25) is 0 Å². The molecule has 1 aromatic carbocycles. The first-order valence-electron chi connectivity index (χ1n) is 10.4. The van der Waals surface area contributed by atoms with Crippen molar-refractivity contribution in [2.24, 2.45) is 5.92 Å². The fourth-order valence-electron chi connectivity index (χ4n) is 4.05. The molecule has 6 nitrogen and oxygen atoms in total. The molecule has 31 heavy (non-hydrogen) atoms. The van der Waals surface area contributed by atoms with E-state index >= 15 is 0 Å². The van der Waals surface area contributed by atoms with Gasteiger partial charge in [-0.25, -0.2) is 4.98 Å². The van der Waals surface area contributed by atoms with E-state index in [0.29, 0.717) is 17.2 Å². The van der Waals surface area contributed by atoms with Gasteiger partial charge < -0.3 is 16.8 Å². The zero-order valence-electron chi connectivity index (χ0n) is 17.7. The van der Waals surface area contributed by atoms with Gasteiger partial charge in [0.15, 0.2) is 0 Å². The summed E-state index contributed by atoms with van der Waals surface area (Å²) >= 11 is 0. The second kappa shape index (κ2) is 8.49. The number of anilines is 3. The summed E-state index contributed by atoms with van der Waals surface area (Å²) in [5.41, 5.74) is 18.7. The van der Waals surface area contributed by atoms with Crippen LogP contribution in [0, 0.1) is 24.2 Å². The van der Waals surface area contributed by atoms with Crippen LogP contribution in [-0.4, -0.2) is 9.97 Å². The number of allylic oxidation sites excluding steroid dienone is 2. The first-order valence-corrected chi connectivity index (χ1v) is 10.4. The summed E-state index contributed by atoms with van der Waals surface area (Å²) < 4.78 is 0. The van der Waals surface area contributed by atoms with Gasteiger partial charge in [0, 0.05) is 40.6 Å². The molecule has 1 saturated carbocycles. The van der Waals surface area contributed by atoms with E-state index in [1.54, 1.807) is 12.4 Å². The molecule has 6 heteroatoms. The van der Waals surface area contributed by atoms with Crippen LogP contribution >= 0.6 is 0 Å². The Labute approximate surface area is 182 Å². The van der Waals surface area contributed by atoms with Crippen molar-refractivity contribution in [3.8, 4) is 17.2 Å². The van der Waals surface area contributed by atoms with Crippen LogP contribution in [0.15, 0.2) is 60.7 Å². The van der Waals surface area contributed by atoms with Crippen molar-refractivity contribution in [3.63, 3.8) is 0 Å². The molecule has 1 aliphatic rings. The van der Waals surface area contributed by atoms with Crippen molar-refractivity contribution in [2.75, 3.05) is 16.8 Å². The molecule has 2 heterocycles. The molecule has 1 fully saturated rings. The molecule has 1 aliphatic carbocycles. The van der Waals surface area contributed by atoms with Gasteiger partial charge in [-0.05, 0) is 73.4 Å². The van der Waals surface area contributed by atoms with Gasteiger partial charge >= 0.3 is 0 Å². The summed E-state index contributed by atoms with van der Waals surface area (Å²) in [6, 6.07) is 8.35. The summed E-state index contributed by atoms with van der Waals surface area (Å²) in [6.45, 7) is 6.11. The van der Waals surface area contributed by atoms with Gasteiger partial charge in [0.25, 0.3) is 0 Å². The number of rotatable bonds is 4. The molecule has 4 rings (SSSR count). The summed E-state index contributed by atoms with van der Waals surface area (Å²) in [5, 5.41) is 14.2. The number of nitrogens with two attached hydrogens (primary N) is 2. The molecular weight excluding hydrogens is 384 g/mol. The Morgan fingerprint density at radius 2 is 1.94 bits per heavy atom. The lowest BCUT2D eigenvalue weighted by Gasteiger charge is -2.19. The number of nitrogens with one attached hydrogen (secondary N) is 1. The Morgan fingerprint density at radius 1 is 1.16 bits per heavy atom. The minimum absolute atomic E-state index is 0.180.